The van der Waals surface area contributed by atoms with Crippen LogP contribution in [-0.2, 0) is 11.2 Å². The highest BCUT2D eigenvalue weighted by molar-refractivity contribution is 7.19. The Kier molecular flexibility index (Phi) is 8.31. The Morgan fingerprint density at radius 1 is 1.32 bits per heavy atom. The molecule has 1 amide bonds. The van der Waals surface area contributed by atoms with Gasteiger partial charge in [0.05, 0.1) is 12.2 Å². The Morgan fingerprint density at radius 3 is 2.84 bits per heavy atom. The van der Waals surface area contributed by atoms with Crippen LogP contribution in [0, 0.1) is 17.3 Å². The molecule has 1 aliphatic carbocycles. The summed E-state index contributed by atoms with van der Waals surface area (Å²) in [6.45, 7) is 4.30. The zero-order valence-corrected chi connectivity index (χ0v) is 19.6. The summed E-state index contributed by atoms with van der Waals surface area (Å²) in [6, 6.07) is 10.5. The fourth-order valence-corrected chi connectivity index (χ4v) is 6.20. The van der Waals surface area contributed by atoms with Crippen molar-refractivity contribution in [2.75, 3.05) is 0 Å². The molecule has 0 spiro atoms. The average Bonchev–Trinajstić information content (AvgIpc) is 3.21. The van der Waals surface area contributed by atoms with Crippen molar-refractivity contribution in [2.24, 2.45) is 23.0 Å². The maximum Gasteiger partial charge on any atom is 0.217 e. The van der Waals surface area contributed by atoms with Gasteiger partial charge in [0, 0.05) is 22.4 Å². The van der Waals surface area contributed by atoms with E-state index in [1.165, 1.54) is 15.0 Å². The van der Waals surface area contributed by atoms with Gasteiger partial charge in [0.15, 0.2) is 0 Å². The molecule has 31 heavy (non-hydrogen) atoms. The predicted molar refractivity (Wildman–Crippen MR) is 129 cm³/mol. The van der Waals surface area contributed by atoms with E-state index in [1.807, 2.05) is 0 Å². The van der Waals surface area contributed by atoms with Crippen molar-refractivity contribution in [3.63, 3.8) is 0 Å². The number of primary amides is 1. The summed E-state index contributed by atoms with van der Waals surface area (Å²) in [7, 11) is 0. The van der Waals surface area contributed by atoms with Gasteiger partial charge < -0.3 is 15.9 Å². The standard InChI is InChI=1S/C26H37NO3S/c1-26(2)17-19(22(25(26)30)10-5-3-4-6-12-24(27)29)13-14-20(28)16-21-15-18-9-7-8-11-23(18)31-21/h3,5,7-9,11,15,19-20,22,25,28,30H,4,6,10,12-14,16-17H2,1-2H3,(H2,27,29)/b5-3-/t19-,20?,22+,25?/m0/s1. The van der Waals surface area contributed by atoms with Crippen molar-refractivity contribution in [1.29, 1.82) is 0 Å². The van der Waals surface area contributed by atoms with Crippen molar-refractivity contribution in [3.8, 4) is 0 Å². The van der Waals surface area contributed by atoms with Gasteiger partial charge in [0.1, 0.15) is 0 Å². The SMILES string of the molecule is CC1(C)C[C@H](CCC(O)Cc2cc3ccccc3s2)[C@@H](C/C=C\CCCC(N)=O)C1O. The molecule has 3 rings (SSSR count). The van der Waals surface area contributed by atoms with Gasteiger partial charge in [0.25, 0.3) is 0 Å². The zero-order chi connectivity index (χ0) is 22.4. The number of nitrogens with two attached hydrogens (primary N) is 1. The summed E-state index contributed by atoms with van der Waals surface area (Å²) in [5.74, 6) is 0.381. The zero-order valence-electron chi connectivity index (χ0n) is 18.8. The van der Waals surface area contributed by atoms with Crippen LogP contribution < -0.4 is 5.73 Å². The lowest BCUT2D eigenvalue weighted by Crippen LogP contribution is -2.28. The third-order valence-electron chi connectivity index (χ3n) is 6.75. The molecule has 4 N–H and O–H groups in total. The third-order valence-corrected chi connectivity index (χ3v) is 7.89. The second-order valence-corrected chi connectivity index (χ2v) is 11.0. The molecule has 4 nitrogen and oxygen atoms in total. The molecule has 0 aliphatic heterocycles. The number of carbonyl (C=O) groups excluding carboxylic acids is 1. The number of aliphatic hydroxyl groups excluding tert-OH is 2. The lowest BCUT2D eigenvalue weighted by Gasteiger charge is -2.25. The van der Waals surface area contributed by atoms with E-state index in [2.05, 4.69) is 56.3 Å². The molecule has 0 saturated heterocycles. The molecule has 170 valence electrons. The Bertz CT molecular complexity index is 855. The van der Waals surface area contributed by atoms with Crippen LogP contribution in [0.15, 0.2) is 42.5 Å². The second-order valence-electron chi connectivity index (χ2n) is 9.81. The Balaban J connectivity index is 1.51. The van der Waals surface area contributed by atoms with Crippen molar-refractivity contribution >= 4 is 27.3 Å². The maximum atomic E-state index is 10.9. The number of fused-ring (bicyclic) bond motifs is 1. The molecule has 1 aliphatic rings. The minimum Gasteiger partial charge on any atom is -0.393 e. The van der Waals surface area contributed by atoms with Gasteiger partial charge in [-0.15, -0.1) is 11.3 Å². The maximum absolute atomic E-state index is 10.9. The van der Waals surface area contributed by atoms with Crippen molar-refractivity contribution in [2.45, 2.75) is 77.4 Å². The normalized spacial score (nSPS) is 24.2. The van der Waals surface area contributed by atoms with E-state index < -0.39 is 0 Å². The van der Waals surface area contributed by atoms with Gasteiger partial charge in [-0.05, 0) is 73.3 Å². The highest BCUT2D eigenvalue weighted by atomic mass is 32.1. The number of rotatable bonds is 11. The highest BCUT2D eigenvalue weighted by Gasteiger charge is 2.46. The van der Waals surface area contributed by atoms with Gasteiger partial charge in [0.2, 0.25) is 5.91 Å². The average molecular weight is 444 g/mol. The van der Waals surface area contributed by atoms with Crippen LogP contribution in [0.25, 0.3) is 10.1 Å². The molecule has 1 heterocycles. The van der Waals surface area contributed by atoms with Gasteiger partial charge in [-0.1, -0.05) is 44.2 Å². The molecule has 1 fully saturated rings. The van der Waals surface area contributed by atoms with Crippen LogP contribution >= 0.6 is 11.3 Å². The fourth-order valence-electron chi connectivity index (χ4n) is 5.07. The van der Waals surface area contributed by atoms with Crippen molar-refractivity contribution < 1.29 is 15.0 Å². The highest BCUT2D eigenvalue weighted by Crippen LogP contribution is 2.48. The number of unbranched alkanes of at least 4 members (excludes halogenated alkanes) is 1. The molecule has 2 unspecified atom stereocenters. The predicted octanol–water partition coefficient (Wildman–Crippen LogP) is 5.21. The van der Waals surface area contributed by atoms with E-state index in [4.69, 9.17) is 5.73 Å². The number of carbonyl (C=O) groups is 1. The Hall–Kier alpha value is -1.69. The third kappa shape index (κ3) is 6.64. The molecule has 1 aromatic carbocycles. The van der Waals surface area contributed by atoms with Crippen LogP contribution in [0.3, 0.4) is 0 Å². The summed E-state index contributed by atoms with van der Waals surface area (Å²) in [5, 5.41) is 22.8. The molecular formula is C26H37NO3S. The summed E-state index contributed by atoms with van der Waals surface area (Å²) < 4.78 is 1.27. The fraction of sp³-hybridized carbons (Fsp3) is 0.577. The van der Waals surface area contributed by atoms with E-state index >= 15 is 0 Å². The molecule has 4 atom stereocenters. The first kappa shape index (κ1) is 24.0. The van der Waals surface area contributed by atoms with E-state index in [9.17, 15) is 15.0 Å². The Labute approximate surface area is 190 Å². The monoisotopic (exact) mass is 443 g/mol. The summed E-state index contributed by atoms with van der Waals surface area (Å²) in [6.07, 6.45) is 9.85. The number of allylic oxidation sites excluding steroid dienone is 2. The molecule has 2 aromatic rings. The molecule has 5 heteroatoms. The van der Waals surface area contributed by atoms with E-state index in [0.717, 1.165) is 38.5 Å². The Morgan fingerprint density at radius 2 is 2.10 bits per heavy atom. The first-order valence-electron chi connectivity index (χ1n) is 11.5. The number of amides is 1. The lowest BCUT2D eigenvalue weighted by molar-refractivity contribution is -0.118. The number of benzene rings is 1. The molecule has 0 bridgehead atoms. The van der Waals surface area contributed by atoms with E-state index in [-0.39, 0.29) is 29.4 Å². The van der Waals surface area contributed by atoms with Crippen LogP contribution in [-0.4, -0.2) is 28.3 Å². The first-order valence-corrected chi connectivity index (χ1v) is 12.3. The van der Waals surface area contributed by atoms with Crippen molar-refractivity contribution in [1.82, 2.24) is 0 Å². The quantitative estimate of drug-likeness (QED) is 0.329. The van der Waals surface area contributed by atoms with Crippen LogP contribution in [0.5, 0.6) is 0 Å². The summed E-state index contributed by atoms with van der Waals surface area (Å²) in [4.78, 5) is 12.1. The first-order chi connectivity index (χ1) is 14.8. The number of aliphatic hydroxyl groups is 2. The van der Waals surface area contributed by atoms with Crippen LogP contribution in [0.1, 0.15) is 63.7 Å². The van der Waals surface area contributed by atoms with Crippen molar-refractivity contribution in [3.05, 3.63) is 47.4 Å². The summed E-state index contributed by atoms with van der Waals surface area (Å²) in [5.41, 5.74) is 5.09. The van der Waals surface area contributed by atoms with Gasteiger partial charge in [-0.25, -0.2) is 0 Å². The molecule has 1 aromatic heterocycles. The van der Waals surface area contributed by atoms with Gasteiger partial charge in [-0.2, -0.15) is 0 Å². The van der Waals surface area contributed by atoms with E-state index in [1.54, 1.807) is 11.3 Å². The smallest absolute Gasteiger partial charge is 0.217 e. The number of hydrogen-bond acceptors (Lipinski definition) is 4. The molecule has 0 radical (unpaired) electrons. The second kappa shape index (κ2) is 10.8. The van der Waals surface area contributed by atoms with Gasteiger partial charge >= 0.3 is 0 Å². The minimum absolute atomic E-state index is 0.0917. The number of hydrogen-bond donors (Lipinski definition) is 3. The van der Waals surface area contributed by atoms with Gasteiger partial charge in [-0.3, -0.25) is 4.79 Å². The van der Waals surface area contributed by atoms with Crippen LogP contribution in [0.4, 0.5) is 0 Å². The topological polar surface area (TPSA) is 83.5 Å². The minimum atomic E-state index is -0.348. The molecule has 1 saturated carbocycles. The molecular weight excluding hydrogens is 406 g/mol. The number of thiophene rings is 1. The largest absolute Gasteiger partial charge is 0.393 e. The van der Waals surface area contributed by atoms with Crippen LogP contribution in [0.2, 0.25) is 0 Å². The van der Waals surface area contributed by atoms with E-state index in [0.29, 0.717) is 18.8 Å². The summed E-state index contributed by atoms with van der Waals surface area (Å²) >= 11 is 1.77. The lowest BCUT2D eigenvalue weighted by atomic mass is 9.86.